The molecule has 1 aliphatic heterocycles. The third-order valence-electron chi connectivity index (χ3n) is 3.73. The first-order chi connectivity index (χ1) is 10.7. The van der Waals surface area contributed by atoms with Crippen LogP contribution in [0.1, 0.15) is 32.3 Å². The summed E-state index contributed by atoms with van der Waals surface area (Å²) in [5.41, 5.74) is 1.97. The zero-order chi connectivity index (χ0) is 15.9. The standard InChI is InChI=1S/C17H26N2O3/c1-4-14-12-19(17(20)18-9-6-10-21-5-2)15-11-13(3)7-8-16(15)22-14/h7-8,11,14H,4-6,9-10,12H2,1-3H3,(H,18,20)/t14-/m1/s1. The van der Waals surface area contributed by atoms with Crippen LogP contribution >= 0.6 is 0 Å². The van der Waals surface area contributed by atoms with Crippen LogP contribution < -0.4 is 15.0 Å². The molecule has 0 saturated heterocycles. The summed E-state index contributed by atoms with van der Waals surface area (Å²) in [5.74, 6) is 0.785. The van der Waals surface area contributed by atoms with Crippen LogP contribution in [0.2, 0.25) is 0 Å². The summed E-state index contributed by atoms with van der Waals surface area (Å²) in [6.45, 7) is 8.65. The number of carbonyl (C=O) groups excluding carboxylic acids is 1. The molecular formula is C17H26N2O3. The van der Waals surface area contributed by atoms with Crippen LogP contribution in [0.4, 0.5) is 10.5 Å². The minimum Gasteiger partial charge on any atom is -0.486 e. The molecule has 0 radical (unpaired) electrons. The van der Waals surface area contributed by atoms with Gasteiger partial charge in [0.2, 0.25) is 0 Å². The molecular weight excluding hydrogens is 280 g/mol. The van der Waals surface area contributed by atoms with Gasteiger partial charge in [-0.25, -0.2) is 4.79 Å². The highest BCUT2D eigenvalue weighted by Gasteiger charge is 2.28. The Hall–Kier alpha value is -1.75. The minimum atomic E-state index is -0.0647. The number of benzene rings is 1. The van der Waals surface area contributed by atoms with Crippen molar-refractivity contribution in [1.82, 2.24) is 5.32 Å². The Kier molecular flexibility index (Phi) is 6.07. The molecule has 22 heavy (non-hydrogen) atoms. The second-order valence-corrected chi connectivity index (χ2v) is 5.51. The maximum Gasteiger partial charge on any atom is 0.322 e. The Morgan fingerprint density at radius 1 is 1.45 bits per heavy atom. The van der Waals surface area contributed by atoms with E-state index >= 15 is 0 Å². The van der Waals surface area contributed by atoms with Crippen molar-refractivity contribution in [3.05, 3.63) is 23.8 Å². The van der Waals surface area contributed by atoms with Gasteiger partial charge in [-0.05, 0) is 44.4 Å². The molecule has 1 heterocycles. The lowest BCUT2D eigenvalue weighted by Crippen LogP contribution is -2.48. The smallest absolute Gasteiger partial charge is 0.322 e. The van der Waals surface area contributed by atoms with Gasteiger partial charge in [0.15, 0.2) is 0 Å². The molecule has 0 fully saturated rings. The number of hydrogen-bond donors (Lipinski definition) is 1. The molecule has 0 unspecified atom stereocenters. The van der Waals surface area contributed by atoms with Crippen molar-refractivity contribution in [2.24, 2.45) is 0 Å². The normalized spacial score (nSPS) is 16.9. The molecule has 1 atom stereocenters. The molecule has 5 heteroatoms. The number of amides is 2. The van der Waals surface area contributed by atoms with Gasteiger partial charge in [-0.1, -0.05) is 13.0 Å². The predicted molar refractivity (Wildman–Crippen MR) is 87.7 cm³/mol. The number of nitrogens with one attached hydrogen (secondary N) is 1. The monoisotopic (exact) mass is 306 g/mol. The quantitative estimate of drug-likeness (QED) is 0.822. The number of nitrogens with zero attached hydrogens (tertiary/aromatic N) is 1. The fraction of sp³-hybridized carbons (Fsp3) is 0.588. The third kappa shape index (κ3) is 4.13. The third-order valence-corrected chi connectivity index (χ3v) is 3.73. The molecule has 0 aromatic heterocycles. The van der Waals surface area contributed by atoms with Crippen LogP contribution in [0.3, 0.4) is 0 Å². The number of anilines is 1. The number of hydrogen-bond acceptors (Lipinski definition) is 3. The van der Waals surface area contributed by atoms with E-state index in [1.807, 2.05) is 32.0 Å². The predicted octanol–water partition coefficient (Wildman–Crippen LogP) is 3.11. The van der Waals surface area contributed by atoms with Gasteiger partial charge in [0.05, 0.1) is 12.2 Å². The lowest BCUT2D eigenvalue weighted by Gasteiger charge is -2.34. The van der Waals surface area contributed by atoms with Crippen molar-refractivity contribution in [2.75, 3.05) is 31.2 Å². The van der Waals surface area contributed by atoms with Gasteiger partial charge in [0.25, 0.3) is 0 Å². The number of fused-ring (bicyclic) bond motifs is 1. The van der Waals surface area contributed by atoms with Crippen molar-refractivity contribution in [3.63, 3.8) is 0 Å². The Morgan fingerprint density at radius 3 is 3.00 bits per heavy atom. The van der Waals surface area contributed by atoms with Crippen molar-refractivity contribution >= 4 is 11.7 Å². The maximum atomic E-state index is 12.5. The lowest BCUT2D eigenvalue weighted by atomic mass is 10.1. The average molecular weight is 306 g/mol. The summed E-state index contributed by atoms with van der Waals surface area (Å²) in [4.78, 5) is 14.3. The molecule has 1 aliphatic rings. The number of aryl methyl sites for hydroxylation is 1. The zero-order valence-corrected chi connectivity index (χ0v) is 13.7. The van der Waals surface area contributed by atoms with Gasteiger partial charge in [-0.3, -0.25) is 4.90 Å². The van der Waals surface area contributed by atoms with Gasteiger partial charge >= 0.3 is 6.03 Å². The van der Waals surface area contributed by atoms with E-state index in [1.165, 1.54) is 0 Å². The number of urea groups is 1. The number of ether oxygens (including phenoxy) is 2. The summed E-state index contributed by atoms with van der Waals surface area (Å²) >= 11 is 0. The van der Waals surface area contributed by atoms with Crippen LogP contribution in [0.15, 0.2) is 18.2 Å². The second kappa shape index (κ2) is 8.03. The van der Waals surface area contributed by atoms with Crippen LogP contribution in [0.25, 0.3) is 0 Å². The number of rotatable bonds is 6. The molecule has 2 amide bonds. The Balaban J connectivity index is 2.02. The first-order valence-electron chi connectivity index (χ1n) is 8.06. The van der Waals surface area contributed by atoms with E-state index in [0.29, 0.717) is 26.3 Å². The van der Waals surface area contributed by atoms with E-state index in [9.17, 15) is 4.79 Å². The van der Waals surface area contributed by atoms with Crippen molar-refractivity contribution in [2.45, 2.75) is 39.7 Å². The van der Waals surface area contributed by atoms with Gasteiger partial charge in [-0.15, -0.1) is 0 Å². The summed E-state index contributed by atoms with van der Waals surface area (Å²) in [7, 11) is 0. The average Bonchev–Trinajstić information content (AvgIpc) is 2.53. The summed E-state index contributed by atoms with van der Waals surface area (Å²) in [6, 6.07) is 5.89. The van der Waals surface area contributed by atoms with Crippen LogP contribution in [-0.2, 0) is 4.74 Å². The van der Waals surface area contributed by atoms with E-state index in [1.54, 1.807) is 4.90 Å². The van der Waals surface area contributed by atoms with Crippen LogP contribution in [-0.4, -0.2) is 38.4 Å². The molecule has 0 spiro atoms. The fourth-order valence-corrected chi connectivity index (χ4v) is 2.47. The Bertz CT molecular complexity index is 505. The Labute approximate surface area is 132 Å². The maximum absolute atomic E-state index is 12.5. The van der Waals surface area contributed by atoms with Gasteiger partial charge in [-0.2, -0.15) is 0 Å². The summed E-state index contributed by atoms with van der Waals surface area (Å²) in [5, 5.41) is 2.97. The molecule has 5 nitrogen and oxygen atoms in total. The van der Waals surface area contributed by atoms with Gasteiger partial charge in [0, 0.05) is 19.8 Å². The SMILES string of the molecule is CCOCCCNC(=O)N1C[C@@H](CC)Oc2ccc(C)cc21. The highest BCUT2D eigenvalue weighted by atomic mass is 16.5. The summed E-state index contributed by atoms with van der Waals surface area (Å²) in [6.07, 6.45) is 1.74. The van der Waals surface area contributed by atoms with Crippen molar-refractivity contribution < 1.29 is 14.3 Å². The molecule has 1 N–H and O–H groups in total. The highest BCUT2D eigenvalue weighted by molar-refractivity contribution is 5.94. The van der Waals surface area contributed by atoms with Crippen molar-refractivity contribution in [1.29, 1.82) is 0 Å². The van der Waals surface area contributed by atoms with E-state index in [0.717, 1.165) is 29.8 Å². The van der Waals surface area contributed by atoms with Gasteiger partial charge in [0.1, 0.15) is 11.9 Å². The van der Waals surface area contributed by atoms with Crippen LogP contribution in [0, 0.1) is 6.92 Å². The first-order valence-corrected chi connectivity index (χ1v) is 8.06. The highest BCUT2D eigenvalue weighted by Crippen LogP contribution is 2.34. The van der Waals surface area contributed by atoms with Crippen molar-refractivity contribution in [3.8, 4) is 5.75 Å². The fourth-order valence-electron chi connectivity index (χ4n) is 2.47. The van der Waals surface area contributed by atoms with Gasteiger partial charge < -0.3 is 14.8 Å². The minimum absolute atomic E-state index is 0.0457. The van der Waals surface area contributed by atoms with E-state index < -0.39 is 0 Å². The van der Waals surface area contributed by atoms with E-state index in [2.05, 4.69) is 12.2 Å². The van der Waals surface area contributed by atoms with E-state index in [4.69, 9.17) is 9.47 Å². The molecule has 0 aliphatic carbocycles. The molecule has 2 rings (SSSR count). The zero-order valence-electron chi connectivity index (χ0n) is 13.7. The van der Waals surface area contributed by atoms with Crippen LogP contribution in [0.5, 0.6) is 5.75 Å². The largest absolute Gasteiger partial charge is 0.486 e. The summed E-state index contributed by atoms with van der Waals surface area (Å²) < 4.78 is 11.2. The molecule has 1 aromatic carbocycles. The molecule has 0 bridgehead atoms. The lowest BCUT2D eigenvalue weighted by molar-refractivity contribution is 0.145. The molecule has 1 aromatic rings. The Morgan fingerprint density at radius 2 is 2.27 bits per heavy atom. The molecule has 122 valence electrons. The molecule has 0 saturated carbocycles. The topological polar surface area (TPSA) is 50.8 Å². The number of carbonyl (C=O) groups is 1. The second-order valence-electron chi connectivity index (χ2n) is 5.51. The first kappa shape index (κ1) is 16.6. The van der Waals surface area contributed by atoms with E-state index in [-0.39, 0.29) is 12.1 Å².